The average Bonchev–Trinajstić information content (AvgIpc) is 2.29. The Morgan fingerprint density at radius 1 is 1.44 bits per heavy atom. The summed E-state index contributed by atoms with van der Waals surface area (Å²) in [6.45, 7) is 1.01. The molecule has 7 heteroatoms. The van der Waals surface area contributed by atoms with Crippen molar-refractivity contribution in [2.24, 2.45) is 0 Å². The van der Waals surface area contributed by atoms with Gasteiger partial charge in [-0.1, -0.05) is 0 Å². The maximum Gasteiger partial charge on any atom is 0.274 e. The predicted molar refractivity (Wildman–Crippen MR) is 55.4 cm³/mol. The molecule has 2 rings (SSSR count). The van der Waals surface area contributed by atoms with E-state index in [0.717, 1.165) is 0 Å². The molecule has 0 bridgehead atoms. The van der Waals surface area contributed by atoms with Crippen LogP contribution < -0.4 is 11.1 Å². The van der Waals surface area contributed by atoms with Gasteiger partial charge in [0, 0.05) is 13.1 Å². The number of piperazine rings is 1. The zero-order chi connectivity index (χ0) is 11.5. The van der Waals surface area contributed by atoms with E-state index in [9.17, 15) is 9.59 Å². The van der Waals surface area contributed by atoms with Crippen molar-refractivity contribution < 1.29 is 9.59 Å². The molecule has 2 amide bonds. The van der Waals surface area contributed by atoms with Crippen LogP contribution in [0.5, 0.6) is 0 Å². The van der Waals surface area contributed by atoms with Crippen molar-refractivity contribution in [1.82, 2.24) is 20.2 Å². The van der Waals surface area contributed by atoms with Gasteiger partial charge < -0.3 is 16.0 Å². The number of nitrogen functional groups attached to an aromatic ring is 1. The Balaban J connectivity index is 2.12. The lowest BCUT2D eigenvalue weighted by Crippen LogP contribution is -2.50. The lowest BCUT2D eigenvalue weighted by atomic mass is 10.3. The van der Waals surface area contributed by atoms with Gasteiger partial charge in [-0.25, -0.2) is 9.97 Å². The first-order valence-electron chi connectivity index (χ1n) is 4.80. The Hall–Kier alpha value is -2.18. The first-order valence-corrected chi connectivity index (χ1v) is 4.80. The molecule has 1 aromatic rings. The van der Waals surface area contributed by atoms with Gasteiger partial charge in [0.05, 0.1) is 18.9 Å². The molecule has 1 saturated heterocycles. The van der Waals surface area contributed by atoms with Gasteiger partial charge in [0.25, 0.3) is 5.91 Å². The summed E-state index contributed by atoms with van der Waals surface area (Å²) < 4.78 is 0. The SMILES string of the molecule is Nc1cnc(C(=O)N2CCNC(=O)C2)cn1. The molecule has 3 N–H and O–H groups in total. The van der Waals surface area contributed by atoms with Gasteiger partial charge in [0.15, 0.2) is 0 Å². The molecule has 1 aromatic heterocycles. The van der Waals surface area contributed by atoms with Crippen molar-refractivity contribution in [3.63, 3.8) is 0 Å². The van der Waals surface area contributed by atoms with Crippen molar-refractivity contribution in [3.8, 4) is 0 Å². The second kappa shape index (κ2) is 4.13. The molecule has 0 aliphatic carbocycles. The highest BCUT2D eigenvalue weighted by molar-refractivity contribution is 5.95. The molecular weight excluding hydrogens is 210 g/mol. The Kier molecular flexibility index (Phi) is 2.67. The molecule has 16 heavy (non-hydrogen) atoms. The summed E-state index contributed by atoms with van der Waals surface area (Å²) >= 11 is 0. The molecule has 2 heterocycles. The minimum Gasteiger partial charge on any atom is -0.382 e. The van der Waals surface area contributed by atoms with Gasteiger partial charge in [0.1, 0.15) is 11.5 Å². The third kappa shape index (κ3) is 2.08. The largest absolute Gasteiger partial charge is 0.382 e. The minimum absolute atomic E-state index is 0.0604. The van der Waals surface area contributed by atoms with E-state index < -0.39 is 0 Å². The van der Waals surface area contributed by atoms with Gasteiger partial charge in [-0.05, 0) is 0 Å². The second-order valence-corrected chi connectivity index (χ2v) is 3.40. The van der Waals surface area contributed by atoms with E-state index in [0.29, 0.717) is 13.1 Å². The monoisotopic (exact) mass is 221 g/mol. The molecule has 1 aliphatic rings. The first-order chi connectivity index (χ1) is 7.66. The second-order valence-electron chi connectivity index (χ2n) is 3.40. The highest BCUT2D eigenvalue weighted by Crippen LogP contribution is 2.03. The third-order valence-electron chi connectivity index (χ3n) is 2.22. The van der Waals surface area contributed by atoms with Gasteiger partial charge in [-0.3, -0.25) is 9.59 Å². The summed E-state index contributed by atoms with van der Waals surface area (Å²) in [7, 11) is 0. The maximum atomic E-state index is 11.9. The Labute approximate surface area is 91.7 Å². The van der Waals surface area contributed by atoms with Crippen LogP contribution in [0.2, 0.25) is 0 Å². The highest BCUT2D eigenvalue weighted by Gasteiger charge is 2.23. The van der Waals surface area contributed by atoms with Gasteiger partial charge >= 0.3 is 0 Å². The van der Waals surface area contributed by atoms with Crippen LogP contribution in [0, 0.1) is 0 Å². The lowest BCUT2D eigenvalue weighted by molar-refractivity contribution is -0.123. The van der Waals surface area contributed by atoms with E-state index in [2.05, 4.69) is 15.3 Å². The number of nitrogens with zero attached hydrogens (tertiary/aromatic N) is 3. The van der Waals surface area contributed by atoms with Gasteiger partial charge in [-0.2, -0.15) is 0 Å². The van der Waals surface area contributed by atoms with E-state index in [4.69, 9.17) is 5.73 Å². The first kappa shape index (κ1) is 10.3. The number of hydrogen-bond acceptors (Lipinski definition) is 5. The molecule has 0 radical (unpaired) electrons. The standard InChI is InChI=1S/C9H11N5O2/c10-7-4-12-6(3-13-7)9(16)14-2-1-11-8(15)5-14/h3-4H,1-2,5H2,(H2,10,13)(H,11,15). The van der Waals surface area contributed by atoms with Crippen LogP contribution in [0.4, 0.5) is 5.82 Å². The van der Waals surface area contributed by atoms with Crippen molar-refractivity contribution in [1.29, 1.82) is 0 Å². The summed E-state index contributed by atoms with van der Waals surface area (Å²) in [6, 6.07) is 0. The van der Waals surface area contributed by atoms with Crippen LogP contribution in [-0.4, -0.2) is 46.3 Å². The summed E-state index contributed by atoms with van der Waals surface area (Å²) in [5.74, 6) is -0.210. The molecule has 1 aliphatic heterocycles. The van der Waals surface area contributed by atoms with Crippen LogP contribution >= 0.6 is 0 Å². The summed E-state index contributed by atoms with van der Waals surface area (Å²) in [6.07, 6.45) is 2.63. The lowest BCUT2D eigenvalue weighted by Gasteiger charge is -2.26. The molecule has 7 nitrogen and oxygen atoms in total. The number of nitrogens with two attached hydrogens (primary N) is 1. The topological polar surface area (TPSA) is 101 Å². The number of aromatic nitrogens is 2. The number of nitrogens with one attached hydrogen (secondary N) is 1. The van der Waals surface area contributed by atoms with Crippen LogP contribution in [0.15, 0.2) is 12.4 Å². The molecule has 0 spiro atoms. The van der Waals surface area contributed by atoms with Crippen LogP contribution in [-0.2, 0) is 4.79 Å². The fraction of sp³-hybridized carbons (Fsp3) is 0.333. The molecular formula is C9H11N5O2. The molecule has 0 atom stereocenters. The number of carbonyl (C=O) groups excluding carboxylic acids is 2. The number of hydrogen-bond donors (Lipinski definition) is 2. The van der Waals surface area contributed by atoms with E-state index in [1.165, 1.54) is 17.3 Å². The summed E-state index contributed by atoms with van der Waals surface area (Å²) in [5.41, 5.74) is 5.56. The molecule has 0 unspecified atom stereocenters. The average molecular weight is 221 g/mol. The van der Waals surface area contributed by atoms with Gasteiger partial charge in [-0.15, -0.1) is 0 Å². The number of rotatable bonds is 1. The zero-order valence-electron chi connectivity index (χ0n) is 8.51. The van der Waals surface area contributed by atoms with Crippen LogP contribution in [0.3, 0.4) is 0 Å². The maximum absolute atomic E-state index is 11.9. The Bertz CT molecular complexity index is 416. The molecule has 1 fully saturated rings. The predicted octanol–water partition coefficient (Wildman–Crippen LogP) is -1.37. The molecule has 0 saturated carbocycles. The fourth-order valence-corrected chi connectivity index (χ4v) is 1.42. The van der Waals surface area contributed by atoms with Crippen LogP contribution in [0.1, 0.15) is 10.5 Å². The third-order valence-corrected chi connectivity index (χ3v) is 2.22. The van der Waals surface area contributed by atoms with E-state index in [-0.39, 0.29) is 29.9 Å². The zero-order valence-corrected chi connectivity index (χ0v) is 8.51. The molecule has 84 valence electrons. The van der Waals surface area contributed by atoms with Crippen molar-refractivity contribution in [2.75, 3.05) is 25.4 Å². The Morgan fingerprint density at radius 3 is 2.88 bits per heavy atom. The van der Waals surface area contributed by atoms with Crippen molar-refractivity contribution in [2.45, 2.75) is 0 Å². The number of amides is 2. The summed E-state index contributed by atoms with van der Waals surface area (Å²) in [4.78, 5) is 32.0. The number of anilines is 1. The normalized spacial score (nSPS) is 15.8. The minimum atomic E-state index is -0.303. The van der Waals surface area contributed by atoms with Crippen molar-refractivity contribution >= 4 is 17.6 Å². The van der Waals surface area contributed by atoms with E-state index >= 15 is 0 Å². The molecule has 0 aromatic carbocycles. The van der Waals surface area contributed by atoms with E-state index in [1.54, 1.807) is 0 Å². The van der Waals surface area contributed by atoms with Crippen LogP contribution in [0.25, 0.3) is 0 Å². The Morgan fingerprint density at radius 2 is 2.25 bits per heavy atom. The summed E-state index contributed by atoms with van der Waals surface area (Å²) in [5, 5.41) is 2.64. The quantitative estimate of drug-likeness (QED) is 0.609. The van der Waals surface area contributed by atoms with E-state index in [1.807, 2.05) is 0 Å². The smallest absolute Gasteiger partial charge is 0.274 e. The fourth-order valence-electron chi connectivity index (χ4n) is 1.42. The number of carbonyl (C=O) groups is 2. The van der Waals surface area contributed by atoms with Gasteiger partial charge in [0.2, 0.25) is 5.91 Å². The van der Waals surface area contributed by atoms with Crippen molar-refractivity contribution in [3.05, 3.63) is 18.1 Å². The highest BCUT2D eigenvalue weighted by atomic mass is 16.2.